The third-order valence-corrected chi connectivity index (χ3v) is 7.10. The van der Waals surface area contributed by atoms with Gasteiger partial charge in [-0.3, -0.25) is 4.79 Å². The van der Waals surface area contributed by atoms with Crippen molar-refractivity contribution in [2.24, 2.45) is 0 Å². The summed E-state index contributed by atoms with van der Waals surface area (Å²) in [5.41, 5.74) is 0.820. The summed E-state index contributed by atoms with van der Waals surface area (Å²) in [5, 5.41) is 5.05. The van der Waals surface area contributed by atoms with Crippen molar-refractivity contribution in [2.45, 2.75) is 30.7 Å². The molecule has 1 saturated heterocycles. The number of aromatic nitrogens is 1. The number of aryl methyl sites for hydroxylation is 1. The minimum Gasteiger partial charge on any atom is -0.301 e. The fourth-order valence-electron chi connectivity index (χ4n) is 2.63. The van der Waals surface area contributed by atoms with Crippen LogP contribution in [0, 0.1) is 6.92 Å². The fourth-order valence-corrected chi connectivity index (χ4v) is 5.24. The molecule has 24 heavy (non-hydrogen) atoms. The average Bonchev–Trinajstić information content (AvgIpc) is 3.17. The van der Waals surface area contributed by atoms with E-state index in [4.69, 9.17) is 0 Å². The Morgan fingerprint density at radius 3 is 2.71 bits per heavy atom. The SMILES string of the molecule is Cc1csc(NC(=O)C2CCCN2S(=O)(=O)c2ccc(Br)cc2)n1. The molecule has 0 bridgehead atoms. The van der Waals surface area contributed by atoms with Crippen LogP contribution >= 0.6 is 27.3 Å². The molecule has 1 aliphatic heterocycles. The Labute approximate surface area is 153 Å². The Morgan fingerprint density at radius 1 is 1.38 bits per heavy atom. The molecule has 2 heterocycles. The lowest BCUT2D eigenvalue weighted by Crippen LogP contribution is -2.43. The van der Waals surface area contributed by atoms with Crippen molar-refractivity contribution in [2.75, 3.05) is 11.9 Å². The van der Waals surface area contributed by atoms with Gasteiger partial charge in [-0.25, -0.2) is 13.4 Å². The number of halogens is 1. The number of amides is 1. The van der Waals surface area contributed by atoms with Crippen LogP contribution in [-0.4, -0.2) is 36.2 Å². The third-order valence-electron chi connectivity index (χ3n) is 3.78. The Morgan fingerprint density at radius 2 is 2.08 bits per heavy atom. The zero-order valence-electron chi connectivity index (χ0n) is 12.9. The van der Waals surface area contributed by atoms with Gasteiger partial charge in [0.1, 0.15) is 6.04 Å². The summed E-state index contributed by atoms with van der Waals surface area (Å²) in [6.45, 7) is 2.18. The summed E-state index contributed by atoms with van der Waals surface area (Å²) in [6, 6.07) is 5.73. The Hall–Kier alpha value is -1.29. The highest BCUT2D eigenvalue weighted by molar-refractivity contribution is 9.10. The molecule has 128 valence electrons. The second-order valence-electron chi connectivity index (χ2n) is 5.51. The maximum atomic E-state index is 12.8. The van der Waals surface area contributed by atoms with E-state index in [9.17, 15) is 13.2 Å². The van der Waals surface area contributed by atoms with E-state index in [2.05, 4.69) is 26.2 Å². The summed E-state index contributed by atoms with van der Waals surface area (Å²) in [7, 11) is -3.70. The smallest absolute Gasteiger partial charge is 0.244 e. The largest absolute Gasteiger partial charge is 0.301 e. The van der Waals surface area contributed by atoms with Gasteiger partial charge >= 0.3 is 0 Å². The average molecular weight is 430 g/mol. The highest BCUT2D eigenvalue weighted by Crippen LogP contribution is 2.28. The van der Waals surface area contributed by atoms with Gasteiger partial charge in [0.25, 0.3) is 0 Å². The van der Waals surface area contributed by atoms with Crippen molar-refractivity contribution in [1.29, 1.82) is 0 Å². The summed E-state index contributed by atoms with van der Waals surface area (Å²) in [4.78, 5) is 16.9. The predicted octanol–water partition coefficient (Wildman–Crippen LogP) is 3.01. The third kappa shape index (κ3) is 3.53. The zero-order chi connectivity index (χ0) is 17.3. The molecule has 1 N–H and O–H groups in total. The molecule has 0 saturated carbocycles. The van der Waals surface area contributed by atoms with E-state index in [-0.39, 0.29) is 10.8 Å². The highest BCUT2D eigenvalue weighted by Gasteiger charge is 2.39. The summed E-state index contributed by atoms with van der Waals surface area (Å²) in [6.07, 6.45) is 1.16. The number of hydrogen-bond acceptors (Lipinski definition) is 5. The van der Waals surface area contributed by atoms with E-state index < -0.39 is 16.1 Å². The molecule has 0 spiro atoms. The monoisotopic (exact) mass is 429 g/mol. The van der Waals surface area contributed by atoms with Crippen LogP contribution < -0.4 is 5.32 Å². The lowest BCUT2D eigenvalue weighted by molar-refractivity contribution is -0.119. The first kappa shape index (κ1) is 17.5. The molecule has 1 aromatic carbocycles. The van der Waals surface area contributed by atoms with E-state index in [0.717, 1.165) is 10.2 Å². The molecule has 1 aromatic heterocycles. The topological polar surface area (TPSA) is 79.4 Å². The van der Waals surface area contributed by atoms with Crippen LogP contribution in [0.25, 0.3) is 0 Å². The quantitative estimate of drug-likeness (QED) is 0.809. The molecule has 3 rings (SSSR count). The molecule has 1 unspecified atom stereocenters. The van der Waals surface area contributed by atoms with Crippen molar-refractivity contribution in [3.8, 4) is 0 Å². The first-order valence-electron chi connectivity index (χ1n) is 7.38. The van der Waals surface area contributed by atoms with Gasteiger partial charge in [0, 0.05) is 16.4 Å². The summed E-state index contributed by atoms with van der Waals surface area (Å²) < 4.78 is 27.8. The van der Waals surface area contributed by atoms with Crippen LogP contribution in [0.2, 0.25) is 0 Å². The van der Waals surface area contributed by atoms with Crippen molar-refractivity contribution in [1.82, 2.24) is 9.29 Å². The van der Waals surface area contributed by atoms with E-state index in [0.29, 0.717) is 24.5 Å². The molecule has 9 heteroatoms. The van der Waals surface area contributed by atoms with Gasteiger partial charge in [0.15, 0.2) is 5.13 Å². The van der Waals surface area contributed by atoms with Crippen LogP contribution in [0.3, 0.4) is 0 Å². The van der Waals surface area contributed by atoms with Crippen molar-refractivity contribution in [3.05, 3.63) is 39.8 Å². The number of sulfonamides is 1. The molecule has 0 aliphatic carbocycles. The summed E-state index contributed by atoms with van der Waals surface area (Å²) >= 11 is 4.62. The van der Waals surface area contributed by atoms with Gasteiger partial charge in [0.05, 0.1) is 10.6 Å². The molecule has 0 radical (unpaired) electrons. The van der Waals surface area contributed by atoms with Gasteiger partial charge in [0.2, 0.25) is 15.9 Å². The fraction of sp³-hybridized carbons (Fsp3) is 0.333. The number of hydrogen-bond donors (Lipinski definition) is 1. The second kappa shape index (κ2) is 6.91. The number of thiazole rings is 1. The first-order chi connectivity index (χ1) is 11.4. The first-order valence-corrected chi connectivity index (χ1v) is 10.5. The minimum atomic E-state index is -3.70. The Kier molecular flexibility index (Phi) is 5.05. The number of carbonyl (C=O) groups is 1. The van der Waals surface area contributed by atoms with Crippen LogP contribution in [0.5, 0.6) is 0 Å². The van der Waals surface area contributed by atoms with Crippen LogP contribution in [0.1, 0.15) is 18.5 Å². The Bertz CT molecular complexity index is 849. The molecule has 1 fully saturated rings. The molecular formula is C15H16BrN3O3S2. The normalized spacial score (nSPS) is 18.7. The van der Waals surface area contributed by atoms with E-state index >= 15 is 0 Å². The standard InChI is InChI=1S/C15H16BrN3O3S2/c1-10-9-23-15(17-10)18-14(20)13-3-2-8-19(13)24(21,22)12-6-4-11(16)5-7-12/h4-7,9,13H,2-3,8H2,1H3,(H,17,18,20). The predicted molar refractivity (Wildman–Crippen MR) is 96.5 cm³/mol. The van der Waals surface area contributed by atoms with Crippen LogP contribution in [0.15, 0.2) is 39.0 Å². The molecule has 1 aliphatic rings. The maximum Gasteiger partial charge on any atom is 0.244 e. The van der Waals surface area contributed by atoms with Crippen molar-refractivity contribution < 1.29 is 13.2 Å². The van der Waals surface area contributed by atoms with Gasteiger partial charge in [-0.15, -0.1) is 11.3 Å². The maximum absolute atomic E-state index is 12.8. The van der Waals surface area contributed by atoms with E-state index in [1.54, 1.807) is 12.1 Å². The van der Waals surface area contributed by atoms with E-state index in [1.165, 1.54) is 27.8 Å². The lowest BCUT2D eigenvalue weighted by atomic mass is 10.2. The van der Waals surface area contributed by atoms with Crippen molar-refractivity contribution in [3.63, 3.8) is 0 Å². The number of anilines is 1. The number of rotatable bonds is 4. The van der Waals surface area contributed by atoms with Gasteiger partial charge < -0.3 is 5.32 Å². The summed E-state index contributed by atoms with van der Waals surface area (Å²) in [5.74, 6) is -0.331. The Balaban J connectivity index is 1.81. The minimum absolute atomic E-state index is 0.190. The molecule has 1 amide bonds. The zero-order valence-corrected chi connectivity index (χ0v) is 16.1. The van der Waals surface area contributed by atoms with E-state index in [1.807, 2.05) is 12.3 Å². The molecule has 2 aromatic rings. The second-order valence-corrected chi connectivity index (χ2v) is 9.18. The van der Waals surface area contributed by atoms with Crippen LogP contribution in [-0.2, 0) is 14.8 Å². The molecule has 6 nitrogen and oxygen atoms in total. The van der Waals surface area contributed by atoms with Gasteiger partial charge in [-0.1, -0.05) is 15.9 Å². The van der Waals surface area contributed by atoms with Gasteiger partial charge in [-0.2, -0.15) is 4.31 Å². The molecule has 1 atom stereocenters. The van der Waals surface area contributed by atoms with Crippen LogP contribution in [0.4, 0.5) is 5.13 Å². The number of nitrogens with one attached hydrogen (secondary N) is 1. The number of carbonyl (C=O) groups excluding carboxylic acids is 1. The lowest BCUT2D eigenvalue weighted by Gasteiger charge is -2.23. The number of nitrogens with zero attached hydrogens (tertiary/aromatic N) is 2. The number of benzene rings is 1. The van der Waals surface area contributed by atoms with Crippen molar-refractivity contribution >= 4 is 48.3 Å². The van der Waals surface area contributed by atoms with Gasteiger partial charge in [-0.05, 0) is 44.0 Å². The molecular weight excluding hydrogens is 414 g/mol. The highest BCUT2D eigenvalue weighted by atomic mass is 79.9.